The van der Waals surface area contributed by atoms with E-state index in [1.165, 1.54) is 0 Å². The Morgan fingerprint density at radius 3 is 2.35 bits per heavy atom. The zero-order valence-corrected chi connectivity index (χ0v) is 13.9. The normalized spacial score (nSPS) is 11.9. The molecule has 122 valence electrons. The maximum atomic E-state index is 12.6. The van der Waals surface area contributed by atoms with E-state index >= 15 is 0 Å². The van der Waals surface area contributed by atoms with Crippen LogP contribution >= 0.6 is 0 Å². The molecule has 0 saturated heterocycles. The SMILES string of the molecule is CCCC(C(=O)NCc1ccccc1COC)c1ccccc1. The number of amides is 1. The minimum Gasteiger partial charge on any atom is -0.380 e. The molecule has 3 nitrogen and oxygen atoms in total. The number of benzene rings is 2. The van der Waals surface area contributed by atoms with E-state index in [9.17, 15) is 4.79 Å². The van der Waals surface area contributed by atoms with Gasteiger partial charge in [0.15, 0.2) is 0 Å². The zero-order chi connectivity index (χ0) is 16.5. The summed E-state index contributed by atoms with van der Waals surface area (Å²) >= 11 is 0. The minimum absolute atomic E-state index is 0.0872. The van der Waals surface area contributed by atoms with Gasteiger partial charge < -0.3 is 10.1 Å². The third-order valence-electron chi connectivity index (χ3n) is 3.97. The topological polar surface area (TPSA) is 38.3 Å². The fourth-order valence-electron chi connectivity index (χ4n) is 2.75. The van der Waals surface area contributed by atoms with Gasteiger partial charge in [-0.25, -0.2) is 0 Å². The average Bonchev–Trinajstić information content (AvgIpc) is 2.59. The fourth-order valence-corrected chi connectivity index (χ4v) is 2.75. The summed E-state index contributed by atoms with van der Waals surface area (Å²) in [6.45, 7) is 3.20. The van der Waals surface area contributed by atoms with E-state index in [-0.39, 0.29) is 11.8 Å². The number of ether oxygens (including phenoxy) is 1. The van der Waals surface area contributed by atoms with E-state index in [1.807, 2.05) is 54.6 Å². The molecule has 1 unspecified atom stereocenters. The Balaban J connectivity index is 2.05. The standard InChI is InChI=1S/C20H25NO2/c1-3-9-19(16-10-5-4-6-11-16)20(22)21-14-17-12-7-8-13-18(17)15-23-2/h4-8,10-13,19H,3,9,14-15H2,1-2H3,(H,21,22). The summed E-state index contributed by atoms with van der Waals surface area (Å²) in [5.74, 6) is 0.000979. The molecule has 23 heavy (non-hydrogen) atoms. The number of nitrogens with one attached hydrogen (secondary N) is 1. The number of carbonyl (C=O) groups is 1. The molecule has 0 fully saturated rings. The van der Waals surface area contributed by atoms with Crippen molar-refractivity contribution in [3.63, 3.8) is 0 Å². The van der Waals surface area contributed by atoms with Crippen LogP contribution in [-0.2, 0) is 22.7 Å². The van der Waals surface area contributed by atoms with Crippen molar-refractivity contribution < 1.29 is 9.53 Å². The number of hydrogen-bond acceptors (Lipinski definition) is 2. The zero-order valence-electron chi connectivity index (χ0n) is 13.9. The lowest BCUT2D eigenvalue weighted by Gasteiger charge is -2.17. The molecule has 1 amide bonds. The summed E-state index contributed by atoms with van der Waals surface area (Å²) in [6, 6.07) is 18.0. The molecule has 2 aromatic rings. The molecule has 0 aliphatic heterocycles. The van der Waals surface area contributed by atoms with Gasteiger partial charge in [0, 0.05) is 13.7 Å². The predicted octanol–water partition coefficient (Wildman–Crippen LogP) is 4.03. The molecule has 0 bridgehead atoms. The molecule has 0 heterocycles. The first-order valence-corrected chi connectivity index (χ1v) is 8.14. The van der Waals surface area contributed by atoms with Gasteiger partial charge in [0.2, 0.25) is 5.91 Å². The Morgan fingerprint density at radius 2 is 1.70 bits per heavy atom. The second-order valence-corrected chi connectivity index (χ2v) is 5.67. The highest BCUT2D eigenvalue weighted by Crippen LogP contribution is 2.21. The lowest BCUT2D eigenvalue weighted by molar-refractivity contribution is -0.122. The van der Waals surface area contributed by atoms with Crippen molar-refractivity contribution in [2.45, 2.75) is 38.8 Å². The monoisotopic (exact) mass is 311 g/mol. The summed E-state index contributed by atoms with van der Waals surface area (Å²) in [4.78, 5) is 12.6. The van der Waals surface area contributed by atoms with Gasteiger partial charge in [-0.2, -0.15) is 0 Å². The van der Waals surface area contributed by atoms with Gasteiger partial charge in [-0.1, -0.05) is 67.9 Å². The highest BCUT2D eigenvalue weighted by atomic mass is 16.5. The van der Waals surface area contributed by atoms with E-state index < -0.39 is 0 Å². The van der Waals surface area contributed by atoms with Gasteiger partial charge in [0.1, 0.15) is 0 Å². The first-order valence-electron chi connectivity index (χ1n) is 8.14. The summed E-state index contributed by atoms with van der Waals surface area (Å²) in [5.41, 5.74) is 3.30. The molecule has 0 aliphatic rings. The van der Waals surface area contributed by atoms with Crippen LogP contribution in [0.4, 0.5) is 0 Å². The first kappa shape index (κ1) is 17.2. The van der Waals surface area contributed by atoms with Crippen LogP contribution in [0.2, 0.25) is 0 Å². The summed E-state index contributed by atoms with van der Waals surface area (Å²) < 4.78 is 5.22. The maximum Gasteiger partial charge on any atom is 0.227 e. The second-order valence-electron chi connectivity index (χ2n) is 5.67. The van der Waals surface area contributed by atoms with E-state index in [1.54, 1.807) is 7.11 Å². The molecule has 0 radical (unpaired) electrons. The van der Waals surface area contributed by atoms with Crippen molar-refractivity contribution >= 4 is 5.91 Å². The molecule has 3 heteroatoms. The molecule has 1 N–H and O–H groups in total. The number of hydrogen-bond donors (Lipinski definition) is 1. The van der Waals surface area contributed by atoms with Crippen LogP contribution in [0.5, 0.6) is 0 Å². The Hall–Kier alpha value is -2.13. The summed E-state index contributed by atoms with van der Waals surface area (Å²) in [5, 5.41) is 3.09. The van der Waals surface area contributed by atoms with Crippen molar-refractivity contribution in [3.8, 4) is 0 Å². The number of methoxy groups -OCH3 is 1. The van der Waals surface area contributed by atoms with Crippen LogP contribution in [0, 0.1) is 0 Å². The highest BCUT2D eigenvalue weighted by Gasteiger charge is 2.19. The highest BCUT2D eigenvalue weighted by molar-refractivity contribution is 5.83. The Bertz CT molecular complexity index is 610. The third-order valence-corrected chi connectivity index (χ3v) is 3.97. The molecule has 0 spiro atoms. The van der Waals surface area contributed by atoms with Crippen molar-refractivity contribution in [3.05, 3.63) is 71.3 Å². The van der Waals surface area contributed by atoms with Crippen LogP contribution < -0.4 is 5.32 Å². The van der Waals surface area contributed by atoms with Gasteiger partial charge in [-0.3, -0.25) is 4.79 Å². The van der Waals surface area contributed by atoms with Gasteiger partial charge >= 0.3 is 0 Å². The van der Waals surface area contributed by atoms with Crippen LogP contribution in [-0.4, -0.2) is 13.0 Å². The fraction of sp³-hybridized carbons (Fsp3) is 0.350. The smallest absolute Gasteiger partial charge is 0.227 e. The average molecular weight is 311 g/mol. The molecule has 0 saturated carbocycles. The van der Waals surface area contributed by atoms with Gasteiger partial charge in [0.25, 0.3) is 0 Å². The van der Waals surface area contributed by atoms with Gasteiger partial charge in [-0.15, -0.1) is 0 Å². The maximum absolute atomic E-state index is 12.6. The molecule has 2 aromatic carbocycles. The number of carbonyl (C=O) groups excluding carboxylic acids is 1. The predicted molar refractivity (Wildman–Crippen MR) is 93.1 cm³/mol. The second kappa shape index (κ2) is 9.11. The number of rotatable bonds is 8. The first-order chi connectivity index (χ1) is 11.3. The van der Waals surface area contributed by atoms with Crippen molar-refractivity contribution in [1.29, 1.82) is 0 Å². The quantitative estimate of drug-likeness (QED) is 0.799. The molecular weight excluding hydrogens is 286 g/mol. The van der Waals surface area contributed by atoms with E-state index in [0.717, 1.165) is 29.5 Å². The molecule has 2 rings (SSSR count). The van der Waals surface area contributed by atoms with Crippen LogP contribution in [0.15, 0.2) is 54.6 Å². The lowest BCUT2D eigenvalue weighted by Crippen LogP contribution is -2.29. The van der Waals surface area contributed by atoms with Crippen LogP contribution in [0.1, 0.15) is 42.4 Å². The van der Waals surface area contributed by atoms with Crippen LogP contribution in [0.25, 0.3) is 0 Å². The summed E-state index contributed by atoms with van der Waals surface area (Å²) in [7, 11) is 1.68. The van der Waals surface area contributed by atoms with Gasteiger partial charge in [-0.05, 0) is 23.1 Å². The van der Waals surface area contributed by atoms with E-state index in [0.29, 0.717) is 13.2 Å². The molecular formula is C20H25NO2. The third kappa shape index (κ3) is 4.93. The lowest BCUT2D eigenvalue weighted by atomic mass is 9.93. The Morgan fingerprint density at radius 1 is 1.04 bits per heavy atom. The largest absolute Gasteiger partial charge is 0.380 e. The minimum atomic E-state index is -0.0872. The molecule has 0 aliphatic carbocycles. The van der Waals surface area contributed by atoms with Crippen LogP contribution in [0.3, 0.4) is 0 Å². The Labute approximate surface area is 138 Å². The van der Waals surface area contributed by atoms with Crippen molar-refractivity contribution in [2.24, 2.45) is 0 Å². The molecule has 1 atom stereocenters. The van der Waals surface area contributed by atoms with E-state index in [4.69, 9.17) is 4.74 Å². The van der Waals surface area contributed by atoms with Crippen molar-refractivity contribution in [2.75, 3.05) is 7.11 Å². The Kier molecular flexibility index (Phi) is 6.82. The summed E-state index contributed by atoms with van der Waals surface area (Å²) in [6.07, 6.45) is 1.84. The van der Waals surface area contributed by atoms with Gasteiger partial charge in [0.05, 0.1) is 12.5 Å². The molecule has 0 aromatic heterocycles. The van der Waals surface area contributed by atoms with E-state index in [2.05, 4.69) is 12.2 Å². The van der Waals surface area contributed by atoms with Crippen molar-refractivity contribution in [1.82, 2.24) is 5.32 Å².